The van der Waals surface area contributed by atoms with Gasteiger partial charge >= 0.3 is 0 Å². The Balaban J connectivity index is 0.00000304. The number of halogens is 1. The maximum atomic E-state index is 14.8. The Bertz CT molecular complexity index is 1440. The van der Waals surface area contributed by atoms with E-state index >= 15 is 0 Å². The summed E-state index contributed by atoms with van der Waals surface area (Å²) in [5.41, 5.74) is 4.82. The molecule has 7 nitrogen and oxygen atoms in total. The lowest BCUT2D eigenvalue weighted by Gasteiger charge is -2.14. The van der Waals surface area contributed by atoms with E-state index in [1.807, 2.05) is 30.3 Å². The number of hydrogen-bond acceptors (Lipinski definition) is 7. The van der Waals surface area contributed by atoms with Crippen LogP contribution in [0, 0.1) is 5.82 Å². The molecule has 0 aliphatic carbocycles. The van der Waals surface area contributed by atoms with Crippen molar-refractivity contribution in [2.45, 2.75) is 14.0 Å². The van der Waals surface area contributed by atoms with E-state index < -0.39 is 0 Å². The lowest BCUT2D eigenvalue weighted by molar-refractivity contribution is 0.355. The number of fused-ring (bicyclic) bond motifs is 3. The van der Waals surface area contributed by atoms with Gasteiger partial charge in [-0.15, -0.1) is 0 Å². The standard InChI is InChI=1S/C27H23FN4O3.CH4/c1-33-18-9-10-19-21(13-18)26(20-6-4-5-7-22(20)28)29-14-16-15-30-27(32-25(16)19)31-17-8-11-23(34-2)24(12-17)35-3;/h4-13,15H,14H2,1-3H3,(H,30,31,32);1H4. The summed E-state index contributed by atoms with van der Waals surface area (Å²) in [5.74, 6) is 1.93. The third-order valence-corrected chi connectivity index (χ3v) is 5.78. The van der Waals surface area contributed by atoms with Crippen LogP contribution in [0.25, 0.3) is 11.3 Å². The van der Waals surface area contributed by atoms with Crippen molar-refractivity contribution in [1.82, 2.24) is 9.97 Å². The molecule has 5 rings (SSSR count). The first-order valence-corrected chi connectivity index (χ1v) is 10.9. The van der Waals surface area contributed by atoms with Gasteiger partial charge in [0.1, 0.15) is 11.6 Å². The summed E-state index contributed by atoms with van der Waals surface area (Å²) >= 11 is 0. The summed E-state index contributed by atoms with van der Waals surface area (Å²) in [7, 11) is 4.77. The number of methoxy groups -OCH3 is 3. The second-order valence-corrected chi connectivity index (χ2v) is 7.82. The molecule has 1 aliphatic rings. The van der Waals surface area contributed by atoms with Gasteiger partial charge in [-0.3, -0.25) is 4.99 Å². The third-order valence-electron chi connectivity index (χ3n) is 5.78. The van der Waals surface area contributed by atoms with Crippen molar-refractivity contribution < 1.29 is 18.6 Å². The van der Waals surface area contributed by atoms with Crippen LogP contribution in [0.5, 0.6) is 17.2 Å². The fourth-order valence-electron chi connectivity index (χ4n) is 4.04. The first kappa shape index (κ1) is 24.7. The number of anilines is 2. The van der Waals surface area contributed by atoms with Crippen molar-refractivity contribution in [3.63, 3.8) is 0 Å². The number of ether oxygens (including phenoxy) is 3. The molecule has 3 aromatic carbocycles. The average Bonchev–Trinajstić information content (AvgIpc) is 3.05. The van der Waals surface area contributed by atoms with E-state index in [0.29, 0.717) is 41.0 Å². The highest BCUT2D eigenvalue weighted by Gasteiger charge is 2.23. The Morgan fingerprint density at radius 1 is 0.833 bits per heavy atom. The predicted molar refractivity (Wildman–Crippen MR) is 139 cm³/mol. The Labute approximate surface area is 209 Å². The summed E-state index contributed by atoms with van der Waals surface area (Å²) in [5, 5.41) is 3.23. The van der Waals surface area contributed by atoms with E-state index in [1.165, 1.54) is 6.07 Å². The van der Waals surface area contributed by atoms with Crippen LogP contribution in [0.1, 0.15) is 24.1 Å². The zero-order valence-corrected chi connectivity index (χ0v) is 19.5. The highest BCUT2D eigenvalue weighted by molar-refractivity contribution is 6.17. The lowest BCUT2D eigenvalue weighted by atomic mass is 9.95. The minimum atomic E-state index is -0.340. The zero-order chi connectivity index (χ0) is 24.4. The normalized spacial score (nSPS) is 11.7. The predicted octanol–water partition coefficient (Wildman–Crippen LogP) is 6.04. The van der Waals surface area contributed by atoms with Crippen LogP contribution in [0.2, 0.25) is 0 Å². The molecule has 0 saturated carbocycles. The van der Waals surface area contributed by atoms with Gasteiger partial charge in [-0.05, 0) is 42.5 Å². The zero-order valence-electron chi connectivity index (χ0n) is 19.5. The molecule has 36 heavy (non-hydrogen) atoms. The molecule has 0 radical (unpaired) electrons. The van der Waals surface area contributed by atoms with Gasteiger partial charge in [0, 0.05) is 40.2 Å². The first-order valence-electron chi connectivity index (χ1n) is 10.9. The third kappa shape index (κ3) is 4.57. The number of hydrogen-bond donors (Lipinski definition) is 1. The Hall–Kier alpha value is -4.46. The molecule has 0 unspecified atom stereocenters. The average molecular weight is 487 g/mol. The fraction of sp³-hybridized carbons (Fsp3) is 0.179. The summed E-state index contributed by atoms with van der Waals surface area (Å²) < 4.78 is 30.9. The van der Waals surface area contributed by atoms with Gasteiger partial charge < -0.3 is 19.5 Å². The van der Waals surface area contributed by atoms with Crippen LogP contribution >= 0.6 is 0 Å². The molecule has 0 amide bonds. The lowest BCUT2D eigenvalue weighted by Crippen LogP contribution is -2.08. The quantitative estimate of drug-likeness (QED) is 0.358. The minimum absolute atomic E-state index is 0. The SMILES string of the molecule is C.COc1ccc2c(c1)C(c1ccccc1F)=NCc1cnc(Nc3ccc(OC)c(OC)c3)nc1-2. The topological polar surface area (TPSA) is 77.9 Å². The van der Waals surface area contributed by atoms with Crippen LogP contribution in [-0.4, -0.2) is 37.0 Å². The molecule has 0 fully saturated rings. The van der Waals surface area contributed by atoms with Crippen molar-refractivity contribution in [1.29, 1.82) is 0 Å². The Morgan fingerprint density at radius 3 is 2.39 bits per heavy atom. The van der Waals surface area contributed by atoms with Gasteiger partial charge in [0.25, 0.3) is 0 Å². The first-order chi connectivity index (χ1) is 17.1. The van der Waals surface area contributed by atoms with Crippen LogP contribution in [0.3, 0.4) is 0 Å². The van der Waals surface area contributed by atoms with Crippen LogP contribution < -0.4 is 19.5 Å². The van der Waals surface area contributed by atoms with Gasteiger partial charge in [-0.2, -0.15) is 0 Å². The van der Waals surface area contributed by atoms with E-state index in [-0.39, 0.29) is 13.2 Å². The minimum Gasteiger partial charge on any atom is -0.497 e. The number of benzene rings is 3. The smallest absolute Gasteiger partial charge is 0.227 e. The molecule has 0 atom stereocenters. The number of rotatable bonds is 6. The molecule has 2 heterocycles. The molecule has 1 aromatic heterocycles. The van der Waals surface area contributed by atoms with Crippen LogP contribution in [0.4, 0.5) is 16.0 Å². The van der Waals surface area contributed by atoms with Crippen molar-refractivity contribution in [3.8, 4) is 28.5 Å². The van der Waals surface area contributed by atoms with E-state index in [1.54, 1.807) is 51.8 Å². The van der Waals surface area contributed by atoms with Crippen molar-refractivity contribution in [2.24, 2.45) is 4.99 Å². The molecule has 0 bridgehead atoms. The molecule has 0 spiro atoms. The number of nitrogens with one attached hydrogen (secondary N) is 1. The molecule has 0 saturated heterocycles. The highest BCUT2D eigenvalue weighted by Crippen LogP contribution is 2.35. The molecule has 1 aliphatic heterocycles. The van der Waals surface area contributed by atoms with Gasteiger partial charge in [0.05, 0.1) is 39.3 Å². The highest BCUT2D eigenvalue weighted by atomic mass is 19.1. The van der Waals surface area contributed by atoms with E-state index in [2.05, 4.69) is 10.3 Å². The summed E-state index contributed by atoms with van der Waals surface area (Å²) in [6, 6.07) is 17.7. The van der Waals surface area contributed by atoms with E-state index in [0.717, 1.165) is 28.1 Å². The van der Waals surface area contributed by atoms with Gasteiger partial charge in [-0.1, -0.05) is 19.6 Å². The van der Waals surface area contributed by atoms with Crippen molar-refractivity contribution >= 4 is 17.3 Å². The van der Waals surface area contributed by atoms with Gasteiger partial charge in [0.15, 0.2) is 11.5 Å². The molecule has 1 N–H and O–H groups in total. The summed E-state index contributed by atoms with van der Waals surface area (Å²) in [4.78, 5) is 14.1. The summed E-state index contributed by atoms with van der Waals surface area (Å²) in [6.07, 6.45) is 1.74. The van der Waals surface area contributed by atoms with Crippen LogP contribution in [-0.2, 0) is 6.54 Å². The second-order valence-electron chi connectivity index (χ2n) is 7.82. The van der Waals surface area contributed by atoms with E-state index in [4.69, 9.17) is 24.2 Å². The molecular formula is C28H27FN4O3. The maximum absolute atomic E-state index is 14.8. The molecule has 4 aromatic rings. The second kappa shape index (κ2) is 10.4. The van der Waals surface area contributed by atoms with Crippen LogP contribution in [0.15, 0.2) is 71.9 Å². The van der Waals surface area contributed by atoms with Crippen molar-refractivity contribution in [3.05, 3.63) is 89.4 Å². The monoisotopic (exact) mass is 486 g/mol. The van der Waals surface area contributed by atoms with Gasteiger partial charge in [-0.25, -0.2) is 14.4 Å². The maximum Gasteiger partial charge on any atom is 0.227 e. The number of aliphatic imine (C=N–C) groups is 1. The Morgan fingerprint density at radius 2 is 1.64 bits per heavy atom. The largest absolute Gasteiger partial charge is 0.497 e. The number of aromatic nitrogens is 2. The Kier molecular flexibility index (Phi) is 7.15. The molecular weight excluding hydrogens is 459 g/mol. The van der Waals surface area contributed by atoms with E-state index in [9.17, 15) is 4.39 Å². The van der Waals surface area contributed by atoms with Gasteiger partial charge in [0.2, 0.25) is 5.95 Å². The summed E-state index contributed by atoms with van der Waals surface area (Å²) in [6.45, 7) is 0.312. The molecule has 8 heteroatoms. The van der Waals surface area contributed by atoms with Crippen molar-refractivity contribution in [2.75, 3.05) is 26.6 Å². The fourth-order valence-corrected chi connectivity index (χ4v) is 4.04. The number of nitrogens with zero attached hydrogens (tertiary/aromatic N) is 3. The molecule has 184 valence electrons.